The highest BCUT2D eigenvalue weighted by Gasteiger charge is 2.20. The van der Waals surface area contributed by atoms with Gasteiger partial charge in [0.1, 0.15) is 5.60 Å². The third kappa shape index (κ3) is 2.74. The molecule has 1 N–H and O–H groups in total. The zero-order valence-corrected chi connectivity index (χ0v) is 11.2. The Balaban J connectivity index is 2.55. The lowest BCUT2D eigenvalue weighted by atomic mass is 10.1. The van der Waals surface area contributed by atoms with Gasteiger partial charge in [0.05, 0.1) is 5.69 Å². The van der Waals surface area contributed by atoms with Gasteiger partial charge in [-0.15, -0.1) is 0 Å². The van der Waals surface area contributed by atoms with E-state index in [0.29, 0.717) is 5.82 Å². The molecule has 1 heterocycles. The summed E-state index contributed by atoms with van der Waals surface area (Å²) in [6.07, 6.45) is 0. The fraction of sp³-hybridized carbons (Fsp3) is 0.333. The Morgan fingerprint density at radius 3 is 2.39 bits per heavy atom. The van der Waals surface area contributed by atoms with Gasteiger partial charge >= 0.3 is 0 Å². The maximum Gasteiger partial charge on any atom is 0.160 e. The Morgan fingerprint density at radius 2 is 1.78 bits per heavy atom. The number of aryl methyl sites for hydroxylation is 2. The van der Waals surface area contributed by atoms with Crippen molar-refractivity contribution < 1.29 is 5.11 Å². The minimum atomic E-state index is -1.02. The van der Waals surface area contributed by atoms with E-state index in [9.17, 15) is 5.11 Å². The summed E-state index contributed by atoms with van der Waals surface area (Å²) < 4.78 is 0. The number of benzene rings is 1. The lowest BCUT2D eigenvalue weighted by Gasteiger charge is -2.17. The molecule has 0 aliphatic carbocycles. The van der Waals surface area contributed by atoms with E-state index in [1.54, 1.807) is 13.8 Å². The Hall–Kier alpha value is -1.74. The first kappa shape index (κ1) is 12.7. The molecule has 0 amide bonds. The maximum atomic E-state index is 10.0. The highest BCUT2D eigenvalue weighted by atomic mass is 16.3. The van der Waals surface area contributed by atoms with Crippen LogP contribution in [0.2, 0.25) is 0 Å². The van der Waals surface area contributed by atoms with Gasteiger partial charge in [0.25, 0.3) is 0 Å². The van der Waals surface area contributed by atoms with Crippen molar-refractivity contribution in [2.75, 3.05) is 0 Å². The Bertz CT molecular complexity index is 571. The molecule has 94 valence electrons. The second-order valence-electron chi connectivity index (χ2n) is 5.15. The molecule has 0 aliphatic heterocycles. The zero-order chi connectivity index (χ0) is 13.3. The van der Waals surface area contributed by atoms with E-state index in [0.717, 1.165) is 17.0 Å². The van der Waals surface area contributed by atoms with Gasteiger partial charge in [0.2, 0.25) is 0 Å². The van der Waals surface area contributed by atoms with E-state index >= 15 is 0 Å². The van der Waals surface area contributed by atoms with E-state index in [1.807, 2.05) is 25.1 Å². The molecule has 18 heavy (non-hydrogen) atoms. The number of aliphatic hydroxyl groups is 1. The third-order valence-corrected chi connectivity index (χ3v) is 2.72. The van der Waals surface area contributed by atoms with Crippen LogP contribution in [-0.4, -0.2) is 15.1 Å². The van der Waals surface area contributed by atoms with Crippen molar-refractivity contribution in [1.82, 2.24) is 9.97 Å². The number of nitrogens with zero attached hydrogens (tertiary/aromatic N) is 2. The average molecular weight is 242 g/mol. The first-order chi connectivity index (χ1) is 8.36. The van der Waals surface area contributed by atoms with Crippen LogP contribution in [-0.2, 0) is 5.60 Å². The second-order valence-corrected chi connectivity index (χ2v) is 5.15. The number of hydrogen-bond donors (Lipinski definition) is 1. The smallest absolute Gasteiger partial charge is 0.160 e. The van der Waals surface area contributed by atoms with E-state index in [-0.39, 0.29) is 0 Å². The van der Waals surface area contributed by atoms with Gasteiger partial charge in [0, 0.05) is 11.3 Å². The molecule has 0 bridgehead atoms. The number of hydrogen-bond acceptors (Lipinski definition) is 3. The first-order valence-electron chi connectivity index (χ1n) is 6.02. The standard InChI is InChI=1S/C15H18N2O/c1-10-6-5-7-12(8-10)13-9-11(2)16-14(17-13)15(3,4)18/h5-9,18H,1-4H3. The van der Waals surface area contributed by atoms with E-state index in [2.05, 4.69) is 29.0 Å². The highest BCUT2D eigenvalue weighted by Crippen LogP contribution is 2.22. The van der Waals surface area contributed by atoms with Crippen molar-refractivity contribution in [3.8, 4) is 11.3 Å². The highest BCUT2D eigenvalue weighted by molar-refractivity contribution is 5.60. The van der Waals surface area contributed by atoms with Crippen LogP contribution in [0.25, 0.3) is 11.3 Å². The molecule has 0 saturated heterocycles. The fourth-order valence-corrected chi connectivity index (χ4v) is 1.79. The largest absolute Gasteiger partial charge is 0.382 e. The molecule has 1 aromatic heterocycles. The summed E-state index contributed by atoms with van der Waals surface area (Å²) in [4.78, 5) is 8.75. The minimum absolute atomic E-state index is 0.457. The molecule has 0 aliphatic rings. The summed E-state index contributed by atoms with van der Waals surface area (Å²) in [7, 11) is 0. The average Bonchev–Trinajstić information content (AvgIpc) is 2.27. The summed E-state index contributed by atoms with van der Waals surface area (Å²) in [5.41, 5.74) is 2.92. The molecule has 0 saturated carbocycles. The van der Waals surface area contributed by atoms with Crippen LogP contribution in [0.1, 0.15) is 30.9 Å². The molecular weight excluding hydrogens is 224 g/mol. The van der Waals surface area contributed by atoms with Crippen LogP contribution >= 0.6 is 0 Å². The van der Waals surface area contributed by atoms with Crippen LogP contribution in [0.5, 0.6) is 0 Å². The van der Waals surface area contributed by atoms with Gasteiger partial charge in [-0.05, 0) is 39.8 Å². The van der Waals surface area contributed by atoms with Gasteiger partial charge in [-0.1, -0.05) is 23.8 Å². The van der Waals surface area contributed by atoms with E-state index < -0.39 is 5.60 Å². The quantitative estimate of drug-likeness (QED) is 0.880. The van der Waals surface area contributed by atoms with Crippen molar-refractivity contribution in [2.45, 2.75) is 33.3 Å². The van der Waals surface area contributed by atoms with Gasteiger partial charge in [-0.25, -0.2) is 9.97 Å². The Morgan fingerprint density at radius 1 is 1.06 bits per heavy atom. The predicted molar refractivity (Wildman–Crippen MR) is 72.2 cm³/mol. The molecule has 0 unspecified atom stereocenters. The number of rotatable bonds is 2. The van der Waals surface area contributed by atoms with Crippen molar-refractivity contribution >= 4 is 0 Å². The molecule has 0 fully saturated rings. The van der Waals surface area contributed by atoms with Crippen molar-refractivity contribution in [3.05, 3.63) is 47.4 Å². The predicted octanol–water partition coefficient (Wildman–Crippen LogP) is 2.99. The maximum absolute atomic E-state index is 10.0. The summed E-state index contributed by atoms with van der Waals surface area (Å²) in [5.74, 6) is 0.457. The Labute approximate surface area is 108 Å². The van der Waals surface area contributed by atoms with E-state index in [4.69, 9.17) is 0 Å². The van der Waals surface area contributed by atoms with Crippen molar-refractivity contribution in [3.63, 3.8) is 0 Å². The summed E-state index contributed by atoms with van der Waals surface area (Å²) in [5, 5.41) is 10.0. The van der Waals surface area contributed by atoms with Gasteiger partial charge in [-0.2, -0.15) is 0 Å². The lowest BCUT2D eigenvalue weighted by Crippen LogP contribution is -2.20. The molecular formula is C15H18N2O. The van der Waals surface area contributed by atoms with Gasteiger partial charge < -0.3 is 5.11 Å². The minimum Gasteiger partial charge on any atom is -0.382 e. The van der Waals surface area contributed by atoms with Crippen LogP contribution in [0.15, 0.2) is 30.3 Å². The normalized spacial score (nSPS) is 11.6. The van der Waals surface area contributed by atoms with Crippen LogP contribution in [0.4, 0.5) is 0 Å². The number of aromatic nitrogens is 2. The summed E-state index contributed by atoms with van der Waals surface area (Å²) in [6, 6.07) is 10.1. The van der Waals surface area contributed by atoms with Crippen LogP contribution in [0, 0.1) is 13.8 Å². The molecule has 3 heteroatoms. The first-order valence-corrected chi connectivity index (χ1v) is 6.02. The molecule has 0 radical (unpaired) electrons. The molecule has 2 aromatic rings. The monoisotopic (exact) mass is 242 g/mol. The molecule has 0 spiro atoms. The lowest BCUT2D eigenvalue weighted by molar-refractivity contribution is 0.0686. The van der Waals surface area contributed by atoms with Crippen molar-refractivity contribution in [2.24, 2.45) is 0 Å². The Kier molecular flexibility index (Phi) is 3.18. The zero-order valence-electron chi connectivity index (χ0n) is 11.2. The summed E-state index contributed by atoms with van der Waals surface area (Å²) >= 11 is 0. The third-order valence-electron chi connectivity index (χ3n) is 2.72. The molecule has 1 aromatic carbocycles. The van der Waals surface area contributed by atoms with E-state index in [1.165, 1.54) is 5.56 Å². The fourth-order valence-electron chi connectivity index (χ4n) is 1.79. The van der Waals surface area contributed by atoms with Crippen LogP contribution < -0.4 is 0 Å². The molecule has 2 rings (SSSR count). The van der Waals surface area contributed by atoms with Gasteiger partial charge in [0.15, 0.2) is 5.82 Å². The molecule has 3 nitrogen and oxygen atoms in total. The van der Waals surface area contributed by atoms with Crippen LogP contribution in [0.3, 0.4) is 0 Å². The van der Waals surface area contributed by atoms with Gasteiger partial charge in [-0.3, -0.25) is 0 Å². The topological polar surface area (TPSA) is 46.0 Å². The van der Waals surface area contributed by atoms with Crippen molar-refractivity contribution in [1.29, 1.82) is 0 Å². The second kappa shape index (κ2) is 4.50. The molecule has 0 atom stereocenters. The summed E-state index contributed by atoms with van der Waals surface area (Å²) in [6.45, 7) is 7.36. The SMILES string of the molecule is Cc1cccc(-c2cc(C)nc(C(C)(C)O)n2)c1.